The summed E-state index contributed by atoms with van der Waals surface area (Å²) >= 11 is 7.82. The van der Waals surface area contributed by atoms with E-state index < -0.39 is 0 Å². The lowest BCUT2D eigenvalue weighted by molar-refractivity contribution is 0.728. The molecule has 0 bridgehead atoms. The van der Waals surface area contributed by atoms with E-state index >= 15 is 0 Å². The summed E-state index contributed by atoms with van der Waals surface area (Å²) in [5.41, 5.74) is 2.53. The van der Waals surface area contributed by atoms with E-state index in [-0.39, 0.29) is 0 Å². The standard InChI is InChI=1S/C16H17ClN2S/c1-12-8-9-19(11-13-6-7-16(17)18-10-13)14-4-2-3-5-15(14)20-12/h2-7,10,12H,8-9,11H2,1H3. The summed E-state index contributed by atoms with van der Waals surface area (Å²) in [5.74, 6) is 0. The fraction of sp³-hybridized carbons (Fsp3) is 0.312. The van der Waals surface area contributed by atoms with Crippen LogP contribution in [0.4, 0.5) is 5.69 Å². The SMILES string of the molecule is CC1CCN(Cc2ccc(Cl)nc2)c2ccccc2S1. The number of rotatable bonds is 2. The molecule has 0 N–H and O–H groups in total. The highest BCUT2D eigenvalue weighted by molar-refractivity contribution is 8.00. The van der Waals surface area contributed by atoms with Gasteiger partial charge in [-0.05, 0) is 30.2 Å². The normalized spacial score (nSPS) is 18.5. The molecule has 0 fully saturated rings. The molecule has 104 valence electrons. The van der Waals surface area contributed by atoms with Gasteiger partial charge in [0.15, 0.2) is 0 Å². The Hall–Kier alpha value is -1.19. The Morgan fingerprint density at radius 1 is 1.30 bits per heavy atom. The maximum absolute atomic E-state index is 5.85. The number of anilines is 1. The van der Waals surface area contributed by atoms with Gasteiger partial charge in [-0.2, -0.15) is 0 Å². The van der Waals surface area contributed by atoms with E-state index in [1.54, 1.807) is 0 Å². The van der Waals surface area contributed by atoms with Crippen LogP contribution < -0.4 is 4.90 Å². The van der Waals surface area contributed by atoms with Crippen LogP contribution >= 0.6 is 23.4 Å². The second-order valence-corrected chi connectivity index (χ2v) is 6.96. The second kappa shape index (κ2) is 6.06. The number of hydrogen-bond acceptors (Lipinski definition) is 3. The first kappa shape index (κ1) is 13.8. The van der Waals surface area contributed by atoms with Crippen molar-refractivity contribution in [2.75, 3.05) is 11.4 Å². The van der Waals surface area contributed by atoms with Gasteiger partial charge in [0, 0.05) is 29.4 Å². The van der Waals surface area contributed by atoms with Gasteiger partial charge in [-0.3, -0.25) is 0 Å². The van der Waals surface area contributed by atoms with E-state index in [0.29, 0.717) is 10.4 Å². The molecule has 0 spiro atoms. The molecule has 1 atom stereocenters. The summed E-state index contributed by atoms with van der Waals surface area (Å²) in [6, 6.07) is 12.6. The smallest absolute Gasteiger partial charge is 0.129 e. The highest BCUT2D eigenvalue weighted by atomic mass is 35.5. The second-order valence-electron chi connectivity index (χ2n) is 5.10. The van der Waals surface area contributed by atoms with Crippen LogP contribution in [0.2, 0.25) is 5.15 Å². The third-order valence-corrected chi connectivity index (χ3v) is 4.96. The summed E-state index contributed by atoms with van der Waals surface area (Å²) in [6.07, 6.45) is 3.06. The molecule has 2 aromatic rings. The fourth-order valence-corrected chi connectivity index (χ4v) is 3.68. The van der Waals surface area contributed by atoms with Gasteiger partial charge in [0.05, 0.1) is 5.69 Å². The number of pyridine rings is 1. The van der Waals surface area contributed by atoms with Gasteiger partial charge in [-0.15, -0.1) is 11.8 Å². The average Bonchev–Trinajstić information content (AvgIpc) is 2.61. The Morgan fingerprint density at radius 3 is 2.95 bits per heavy atom. The first-order valence-electron chi connectivity index (χ1n) is 6.83. The summed E-state index contributed by atoms with van der Waals surface area (Å²) in [7, 11) is 0. The van der Waals surface area contributed by atoms with Crippen molar-refractivity contribution >= 4 is 29.1 Å². The van der Waals surface area contributed by atoms with Crippen LogP contribution in [0.1, 0.15) is 18.9 Å². The van der Waals surface area contributed by atoms with E-state index in [9.17, 15) is 0 Å². The summed E-state index contributed by atoms with van der Waals surface area (Å²) in [5, 5.41) is 1.21. The van der Waals surface area contributed by atoms with Crippen molar-refractivity contribution in [2.45, 2.75) is 30.0 Å². The number of nitrogens with zero attached hydrogens (tertiary/aromatic N) is 2. The topological polar surface area (TPSA) is 16.1 Å². The van der Waals surface area contributed by atoms with Crippen molar-refractivity contribution in [1.82, 2.24) is 4.98 Å². The largest absolute Gasteiger partial charge is 0.366 e. The number of para-hydroxylation sites is 1. The lowest BCUT2D eigenvalue weighted by Gasteiger charge is -2.24. The fourth-order valence-electron chi connectivity index (χ4n) is 2.44. The van der Waals surface area contributed by atoms with Crippen molar-refractivity contribution in [3.63, 3.8) is 0 Å². The summed E-state index contributed by atoms with van der Waals surface area (Å²) in [6.45, 7) is 4.26. The van der Waals surface area contributed by atoms with Crippen LogP contribution in [-0.4, -0.2) is 16.8 Å². The minimum absolute atomic E-state index is 0.550. The van der Waals surface area contributed by atoms with E-state index in [1.165, 1.54) is 22.6 Å². The van der Waals surface area contributed by atoms with Gasteiger partial charge in [0.2, 0.25) is 0 Å². The molecule has 0 aliphatic carbocycles. The predicted octanol–water partition coefficient (Wildman–Crippen LogP) is 4.63. The maximum atomic E-state index is 5.85. The molecular formula is C16H17ClN2S. The average molecular weight is 305 g/mol. The third-order valence-electron chi connectivity index (χ3n) is 3.50. The summed E-state index contributed by atoms with van der Waals surface area (Å²) in [4.78, 5) is 7.99. The molecule has 1 unspecified atom stereocenters. The van der Waals surface area contributed by atoms with E-state index in [1.807, 2.05) is 24.0 Å². The number of benzene rings is 1. The molecule has 1 aliphatic heterocycles. The minimum atomic E-state index is 0.550. The Balaban J connectivity index is 1.87. The molecule has 3 rings (SSSR count). The highest BCUT2D eigenvalue weighted by Crippen LogP contribution is 2.37. The van der Waals surface area contributed by atoms with Gasteiger partial charge >= 0.3 is 0 Å². The van der Waals surface area contributed by atoms with Gasteiger partial charge in [0.25, 0.3) is 0 Å². The van der Waals surface area contributed by atoms with Crippen molar-refractivity contribution in [1.29, 1.82) is 0 Å². The predicted molar refractivity (Wildman–Crippen MR) is 86.7 cm³/mol. The molecule has 4 heteroatoms. The molecule has 2 heterocycles. The summed E-state index contributed by atoms with van der Waals surface area (Å²) < 4.78 is 0. The minimum Gasteiger partial charge on any atom is -0.366 e. The first-order valence-corrected chi connectivity index (χ1v) is 8.09. The van der Waals surface area contributed by atoms with E-state index in [0.717, 1.165) is 13.1 Å². The Morgan fingerprint density at radius 2 is 2.15 bits per heavy atom. The Kier molecular flexibility index (Phi) is 4.18. The Labute approximate surface area is 129 Å². The van der Waals surface area contributed by atoms with Crippen LogP contribution in [-0.2, 0) is 6.54 Å². The molecule has 0 amide bonds. The van der Waals surface area contributed by atoms with Gasteiger partial charge in [-0.25, -0.2) is 4.98 Å². The molecular weight excluding hydrogens is 288 g/mol. The first-order chi connectivity index (χ1) is 9.72. The third kappa shape index (κ3) is 3.10. The zero-order valence-corrected chi connectivity index (χ0v) is 13.0. The van der Waals surface area contributed by atoms with Crippen molar-refractivity contribution < 1.29 is 0 Å². The quantitative estimate of drug-likeness (QED) is 0.753. The number of hydrogen-bond donors (Lipinski definition) is 0. The zero-order valence-electron chi connectivity index (χ0n) is 11.4. The lowest BCUT2D eigenvalue weighted by atomic mass is 10.2. The number of halogens is 1. The highest BCUT2D eigenvalue weighted by Gasteiger charge is 2.19. The van der Waals surface area contributed by atoms with Gasteiger partial charge < -0.3 is 4.90 Å². The molecule has 2 nitrogen and oxygen atoms in total. The molecule has 0 radical (unpaired) electrons. The molecule has 0 saturated heterocycles. The molecule has 1 aromatic heterocycles. The Bertz CT molecular complexity index is 585. The molecule has 1 aliphatic rings. The van der Waals surface area contributed by atoms with Gasteiger partial charge in [-0.1, -0.05) is 36.7 Å². The zero-order chi connectivity index (χ0) is 13.9. The molecule has 20 heavy (non-hydrogen) atoms. The van der Waals surface area contributed by atoms with Crippen molar-refractivity contribution in [3.05, 3.63) is 53.3 Å². The van der Waals surface area contributed by atoms with Crippen LogP contribution in [0.3, 0.4) is 0 Å². The van der Waals surface area contributed by atoms with Crippen LogP contribution in [0.25, 0.3) is 0 Å². The van der Waals surface area contributed by atoms with E-state index in [2.05, 4.69) is 47.1 Å². The van der Waals surface area contributed by atoms with Crippen LogP contribution in [0.5, 0.6) is 0 Å². The van der Waals surface area contributed by atoms with Gasteiger partial charge in [0.1, 0.15) is 5.15 Å². The van der Waals surface area contributed by atoms with Crippen LogP contribution in [0.15, 0.2) is 47.5 Å². The molecule has 0 saturated carbocycles. The van der Waals surface area contributed by atoms with E-state index in [4.69, 9.17) is 11.6 Å². The number of thioether (sulfide) groups is 1. The van der Waals surface area contributed by atoms with Crippen LogP contribution in [0, 0.1) is 0 Å². The van der Waals surface area contributed by atoms with Crippen molar-refractivity contribution in [3.8, 4) is 0 Å². The van der Waals surface area contributed by atoms with Crippen molar-refractivity contribution in [2.24, 2.45) is 0 Å². The monoisotopic (exact) mass is 304 g/mol. The number of aromatic nitrogens is 1. The molecule has 1 aromatic carbocycles. The lowest BCUT2D eigenvalue weighted by Crippen LogP contribution is -2.24. The number of fused-ring (bicyclic) bond motifs is 1. The maximum Gasteiger partial charge on any atom is 0.129 e.